The molecule has 2 nitrogen and oxygen atoms in total. The van der Waals surface area contributed by atoms with E-state index in [-0.39, 0.29) is 0 Å². The summed E-state index contributed by atoms with van der Waals surface area (Å²) in [6.07, 6.45) is 53.7. The first-order valence-corrected chi connectivity index (χ1v) is 21.9. The number of imidazole rings is 1. The van der Waals surface area contributed by atoms with Gasteiger partial charge >= 0.3 is 0 Å². The Labute approximate surface area is 301 Å². The van der Waals surface area contributed by atoms with E-state index in [2.05, 4.69) is 72.5 Å². The Bertz CT molecular complexity index is 875. The normalized spacial score (nSPS) is 12.9. The summed E-state index contributed by atoms with van der Waals surface area (Å²) in [4.78, 5) is 3.37. The van der Waals surface area contributed by atoms with Gasteiger partial charge < -0.3 is 0 Å². The van der Waals surface area contributed by atoms with E-state index in [9.17, 15) is 0 Å². The summed E-state index contributed by atoms with van der Waals surface area (Å²) in [7, 11) is 0. The molecule has 0 fully saturated rings. The topological polar surface area (TPSA) is 19.7 Å². The SMILES string of the molecule is CCCCCCCCCCCCCCCCCCC(Cc1ccccc1)C(CCCCCCCCCCCCCCCC)[n+]1cc[nH]c1. The average molecular weight is 664 g/mol. The van der Waals surface area contributed by atoms with Gasteiger partial charge in [0.15, 0.2) is 0 Å². The lowest BCUT2D eigenvalue weighted by Crippen LogP contribution is -2.42. The molecule has 1 N–H and O–H groups in total. The van der Waals surface area contributed by atoms with Gasteiger partial charge in [0.05, 0.1) is 0 Å². The lowest BCUT2D eigenvalue weighted by atomic mass is 9.84. The van der Waals surface area contributed by atoms with Gasteiger partial charge in [0.25, 0.3) is 0 Å². The fourth-order valence-corrected chi connectivity index (χ4v) is 7.99. The van der Waals surface area contributed by atoms with E-state index in [4.69, 9.17) is 0 Å². The number of benzene rings is 1. The molecule has 0 saturated carbocycles. The zero-order chi connectivity index (χ0) is 34.0. The Hall–Kier alpha value is -1.57. The largest absolute Gasteiger partial charge is 0.250 e. The second-order valence-corrected chi connectivity index (χ2v) is 15.6. The van der Waals surface area contributed by atoms with Crippen LogP contribution in [-0.4, -0.2) is 4.98 Å². The minimum absolute atomic E-state index is 0.602. The van der Waals surface area contributed by atoms with Gasteiger partial charge in [0.1, 0.15) is 18.4 Å². The van der Waals surface area contributed by atoms with Crippen LogP contribution in [0.2, 0.25) is 0 Å². The molecule has 2 rings (SSSR count). The molecule has 1 aromatic heterocycles. The number of rotatable bonds is 36. The van der Waals surface area contributed by atoms with Crippen LogP contribution >= 0.6 is 0 Å². The molecule has 0 bridgehead atoms. The van der Waals surface area contributed by atoms with Crippen molar-refractivity contribution >= 4 is 0 Å². The molecule has 2 atom stereocenters. The van der Waals surface area contributed by atoms with Crippen LogP contribution in [0.3, 0.4) is 0 Å². The minimum Gasteiger partial charge on any atom is -0.250 e. The van der Waals surface area contributed by atoms with E-state index in [0.29, 0.717) is 12.0 Å². The minimum atomic E-state index is 0.602. The van der Waals surface area contributed by atoms with Crippen molar-refractivity contribution in [1.29, 1.82) is 0 Å². The number of nitrogens with zero attached hydrogens (tertiary/aromatic N) is 1. The standard InChI is InChI=1S/C46H82N2/c1-3-5-7-9-11-13-15-17-19-20-21-23-25-27-29-34-38-45(42-44-36-32-31-33-37-44)46(48-41-40-47-43-48)39-35-30-28-26-24-22-18-16-14-12-10-8-6-4-2/h31-33,36-37,40-41,43,45-46H,3-30,34-35,38-39,42H2,1-2H3/p+1. The van der Waals surface area contributed by atoms with Crippen LogP contribution in [-0.2, 0) is 6.42 Å². The smallest absolute Gasteiger partial charge is 0.241 e. The zero-order valence-corrected chi connectivity index (χ0v) is 32.6. The molecule has 0 amide bonds. The van der Waals surface area contributed by atoms with E-state index in [1.165, 1.54) is 217 Å². The highest BCUT2D eigenvalue weighted by molar-refractivity contribution is 5.15. The van der Waals surface area contributed by atoms with Crippen molar-refractivity contribution in [2.75, 3.05) is 0 Å². The Morgan fingerprint density at radius 1 is 0.458 bits per heavy atom. The van der Waals surface area contributed by atoms with Crippen LogP contribution in [0.5, 0.6) is 0 Å². The van der Waals surface area contributed by atoms with Gasteiger partial charge in [-0.05, 0) is 31.2 Å². The maximum Gasteiger partial charge on any atom is 0.241 e. The van der Waals surface area contributed by atoms with E-state index in [0.717, 1.165) is 0 Å². The van der Waals surface area contributed by atoms with Gasteiger partial charge in [-0.15, -0.1) is 0 Å². The molecule has 1 aromatic carbocycles. The average Bonchev–Trinajstić information content (AvgIpc) is 3.65. The Kier molecular flexibility index (Phi) is 29.0. The van der Waals surface area contributed by atoms with Gasteiger partial charge in [0.2, 0.25) is 6.33 Å². The molecule has 0 saturated heterocycles. The molecule has 0 aliphatic rings. The summed E-state index contributed by atoms with van der Waals surface area (Å²) in [5.74, 6) is 0.710. The third-order valence-electron chi connectivity index (χ3n) is 11.1. The summed E-state index contributed by atoms with van der Waals surface area (Å²) in [5, 5.41) is 0. The highest BCUT2D eigenvalue weighted by Crippen LogP contribution is 2.29. The van der Waals surface area contributed by atoms with Crippen molar-refractivity contribution in [3.63, 3.8) is 0 Å². The van der Waals surface area contributed by atoms with Crippen molar-refractivity contribution in [1.82, 2.24) is 4.98 Å². The number of hydrogen-bond acceptors (Lipinski definition) is 0. The first kappa shape index (κ1) is 42.6. The quantitative estimate of drug-likeness (QED) is 0.0553. The highest BCUT2D eigenvalue weighted by Gasteiger charge is 2.26. The number of hydrogen-bond donors (Lipinski definition) is 1. The molecular weight excluding hydrogens is 581 g/mol. The number of aromatic amines is 1. The van der Waals surface area contributed by atoms with Gasteiger partial charge in [-0.1, -0.05) is 230 Å². The molecule has 1 heterocycles. The molecule has 276 valence electrons. The lowest BCUT2D eigenvalue weighted by molar-refractivity contribution is -0.730. The second-order valence-electron chi connectivity index (χ2n) is 15.6. The molecule has 0 radical (unpaired) electrons. The summed E-state index contributed by atoms with van der Waals surface area (Å²) in [6.45, 7) is 4.62. The maximum atomic E-state index is 3.37. The van der Waals surface area contributed by atoms with Crippen molar-refractivity contribution < 1.29 is 4.57 Å². The van der Waals surface area contributed by atoms with Crippen molar-refractivity contribution in [3.05, 3.63) is 54.6 Å². The number of unbranched alkanes of at least 4 members (excludes halogenated alkanes) is 28. The fourth-order valence-electron chi connectivity index (χ4n) is 7.99. The predicted molar refractivity (Wildman–Crippen MR) is 213 cm³/mol. The van der Waals surface area contributed by atoms with Gasteiger partial charge in [-0.3, -0.25) is 4.98 Å². The molecule has 2 aromatic rings. The zero-order valence-electron chi connectivity index (χ0n) is 32.6. The number of nitrogens with one attached hydrogen (secondary N) is 1. The Balaban J connectivity index is 1.62. The monoisotopic (exact) mass is 664 g/mol. The molecule has 0 aliphatic carbocycles. The van der Waals surface area contributed by atoms with Crippen LogP contribution in [0, 0.1) is 5.92 Å². The summed E-state index contributed by atoms with van der Waals surface area (Å²) >= 11 is 0. The van der Waals surface area contributed by atoms with Gasteiger partial charge in [-0.25, -0.2) is 4.57 Å². The molecule has 2 heteroatoms. The van der Waals surface area contributed by atoms with Crippen LogP contribution in [0.1, 0.15) is 231 Å². The van der Waals surface area contributed by atoms with Gasteiger partial charge in [0, 0.05) is 5.92 Å². The fraction of sp³-hybridized carbons (Fsp3) is 0.804. The van der Waals surface area contributed by atoms with Crippen molar-refractivity contribution in [2.24, 2.45) is 5.92 Å². The van der Waals surface area contributed by atoms with E-state index >= 15 is 0 Å². The van der Waals surface area contributed by atoms with Crippen LogP contribution in [0.4, 0.5) is 0 Å². The third-order valence-corrected chi connectivity index (χ3v) is 11.1. The van der Waals surface area contributed by atoms with Crippen molar-refractivity contribution in [2.45, 2.75) is 232 Å². The van der Waals surface area contributed by atoms with E-state index in [1.807, 2.05) is 0 Å². The van der Waals surface area contributed by atoms with Crippen LogP contribution < -0.4 is 4.57 Å². The maximum absolute atomic E-state index is 3.37. The molecule has 0 spiro atoms. The van der Waals surface area contributed by atoms with Crippen LogP contribution in [0.25, 0.3) is 0 Å². The van der Waals surface area contributed by atoms with E-state index < -0.39 is 0 Å². The molecule has 48 heavy (non-hydrogen) atoms. The number of H-pyrrole nitrogens is 1. The highest BCUT2D eigenvalue weighted by atomic mass is 15.1. The van der Waals surface area contributed by atoms with Crippen LogP contribution in [0.15, 0.2) is 49.1 Å². The Morgan fingerprint density at radius 3 is 1.21 bits per heavy atom. The molecular formula is C46H83N2+. The first-order chi connectivity index (χ1) is 23.8. The third kappa shape index (κ3) is 23.7. The molecule has 0 aliphatic heterocycles. The second kappa shape index (κ2) is 32.6. The summed E-state index contributed by atoms with van der Waals surface area (Å²) < 4.78 is 2.52. The van der Waals surface area contributed by atoms with Gasteiger partial charge in [-0.2, -0.15) is 0 Å². The first-order valence-electron chi connectivity index (χ1n) is 21.9. The summed E-state index contributed by atoms with van der Waals surface area (Å²) in [5.41, 5.74) is 1.51. The summed E-state index contributed by atoms with van der Waals surface area (Å²) in [6, 6.07) is 11.9. The molecule has 2 unspecified atom stereocenters. The lowest BCUT2D eigenvalue weighted by Gasteiger charge is -2.25. The van der Waals surface area contributed by atoms with Crippen molar-refractivity contribution in [3.8, 4) is 0 Å². The number of aromatic nitrogens is 2. The van der Waals surface area contributed by atoms with E-state index in [1.54, 1.807) is 0 Å². The Morgan fingerprint density at radius 2 is 0.833 bits per heavy atom. The predicted octanol–water partition coefficient (Wildman–Crippen LogP) is 15.2.